The molecule has 5 rings (SSSR count). The van der Waals surface area contributed by atoms with E-state index in [1.54, 1.807) is 10.8 Å². The fourth-order valence-electron chi connectivity index (χ4n) is 4.35. The summed E-state index contributed by atoms with van der Waals surface area (Å²) >= 11 is 0. The SMILES string of the molecule is NC(=O)c1nccn1-c1ccc(Nc2ccc(NC(=O)c3ccc(N4CCC(O)CC4)cc3)cc2)cc1. The number of hydrogen-bond acceptors (Lipinski definition) is 6. The van der Waals surface area contributed by atoms with Gasteiger partial charge >= 0.3 is 0 Å². The minimum absolute atomic E-state index is 0.174. The van der Waals surface area contributed by atoms with Crippen LogP contribution in [0.15, 0.2) is 85.2 Å². The number of imidazole rings is 1. The Morgan fingerprint density at radius 2 is 1.41 bits per heavy atom. The van der Waals surface area contributed by atoms with Crippen LogP contribution in [0.3, 0.4) is 0 Å². The first-order valence-corrected chi connectivity index (χ1v) is 12.1. The molecule has 0 aliphatic carbocycles. The molecule has 0 bridgehead atoms. The van der Waals surface area contributed by atoms with Crippen LogP contribution in [0.25, 0.3) is 5.69 Å². The molecule has 2 heterocycles. The Hall–Kier alpha value is -4.63. The Morgan fingerprint density at radius 1 is 0.838 bits per heavy atom. The number of primary amides is 1. The van der Waals surface area contributed by atoms with Gasteiger partial charge in [0.1, 0.15) is 0 Å². The topological polar surface area (TPSA) is 126 Å². The molecular formula is C28H28N6O3. The third-order valence-corrected chi connectivity index (χ3v) is 6.40. The maximum Gasteiger partial charge on any atom is 0.285 e. The second-order valence-electron chi connectivity index (χ2n) is 8.95. The average molecular weight is 497 g/mol. The molecule has 1 aliphatic heterocycles. The molecular weight excluding hydrogens is 468 g/mol. The first-order chi connectivity index (χ1) is 18.0. The van der Waals surface area contributed by atoms with Crippen LogP contribution in [0, 0.1) is 0 Å². The van der Waals surface area contributed by atoms with E-state index in [0.717, 1.165) is 48.7 Å². The van der Waals surface area contributed by atoms with Crippen LogP contribution in [-0.4, -0.2) is 45.7 Å². The van der Waals surface area contributed by atoms with E-state index >= 15 is 0 Å². The number of aliphatic hydroxyl groups is 1. The van der Waals surface area contributed by atoms with Gasteiger partial charge in [0.05, 0.1) is 6.10 Å². The summed E-state index contributed by atoms with van der Waals surface area (Å²) in [6.07, 6.45) is 4.53. The predicted octanol–water partition coefficient (Wildman–Crippen LogP) is 3.93. The van der Waals surface area contributed by atoms with Crippen molar-refractivity contribution in [2.75, 3.05) is 28.6 Å². The first-order valence-electron chi connectivity index (χ1n) is 12.1. The summed E-state index contributed by atoms with van der Waals surface area (Å²) in [5.41, 5.74) is 10.2. The molecule has 1 aliphatic rings. The van der Waals surface area contributed by atoms with Crippen LogP contribution in [0.5, 0.6) is 0 Å². The van der Waals surface area contributed by atoms with Gasteiger partial charge in [-0.1, -0.05) is 0 Å². The Morgan fingerprint density at radius 3 is 2.03 bits per heavy atom. The normalized spacial score (nSPS) is 13.8. The van der Waals surface area contributed by atoms with Gasteiger partial charge in [0.2, 0.25) is 5.82 Å². The van der Waals surface area contributed by atoms with Crippen LogP contribution in [0.4, 0.5) is 22.7 Å². The molecule has 9 heteroatoms. The summed E-state index contributed by atoms with van der Waals surface area (Å²) < 4.78 is 1.63. The second-order valence-corrected chi connectivity index (χ2v) is 8.95. The Kier molecular flexibility index (Phi) is 6.87. The van der Waals surface area contributed by atoms with Crippen molar-refractivity contribution in [3.8, 4) is 5.69 Å². The molecule has 188 valence electrons. The minimum Gasteiger partial charge on any atom is -0.393 e. The van der Waals surface area contributed by atoms with E-state index in [2.05, 4.69) is 20.5 Å². The van der Waals surface area contributed by atoms with Gasteiger partial charge in [0.15, 0.2) is 0 Å². The van der Waals surface area contributed by atoms with Crippen LogP contribution >= 0.6 is 0 Å². The van der Waals surface area contributed by atoms with Gasteiger partial charge in [-0.2, -0.15) is 0 Å². The van der Waals surface area contributed by atoms with Crippen molar-refractivity contribution in [1.29, 1.82) is 0 Å². The summed E-state index contributed by atoms with van der Waals surface area (Å²) in [4.78, 5) is 30.4. The summed E-state index contributed by atoms with van der Waals surface area (Å²) in [6.45, 7) is 1.64. The number of carbonyl (C=O) groups excluding carboxylic acids is 2. The molecule has 1 aromatic heterocycles. The Bertz CT molecular complexity index is 1370. The number of rotatable bonds is 7. The molecule has 4 aromatic rings. The quantitative estimate of drug-likeness (QED) is 0.307. The number of anilines is 4. The van der Waals surface area contributed by atoms with Crippen molar-refractivity contribution < 1.29 is 14.7 Å². The maximum absolute atomic E-state index is 12.7. The number of carbonyl (C=O) groups is 2. The van der Waals surface area contributed by atoms with Crippen LogP contribution in [0.2, 0.25) is 0 Å². The van der Waals surface area contributed by atoms with Crippen molar-refractivity contribution >= 4 is 34.6 Å². The number of nitrogens with one attached hydrogen (secondary N) is 2. The highest BCUT2D eigenvalue weighted by Crippen LogP contribution is 2.23. The zero-order chi connectivity index (χ0) is 25.8. The number of benzene rings is 3. The molecule has 3 aromatic carbocycles. The van der Waals surface area contributed by atoms with Crippen molar-refractivity contribution in [2.24, 2.45) is 5.73 Å². The zero-order valence-electron chi connectivity index (χ0n) is 20.2. The van der Waals surface area contributed by atoms with Crippen molar-refractivity contribution in [3.63, 3.8) is 0 Å². The molecule has 0 atom stereocenters. The van der Waals surface area contributed by atoms with E-state index in [4.69, 9.17) is 5.73 Å². The van der Waals surface area contributed by atoms with Crippen LogP contribution < -0.4 is 21.3 Å². The van der Waals surface area contributed by atoms with Gasteiger partial charge in [0.25, 0.3) is 11.8 Å². The molecule has 0 saturated carbocycles. The fraction of sp³-hybridized carbons (Fsp3) is 0.179. The number of nitrogens with zero attached hydrogens (tertiary/aromatic N) is 3. The Balaban J connectivity index is 1.17. The minimum atomic E-state index is -0.588. The van der Waals surface area contributed by atoms with Crippen molar-refractivity contribution in [3.05, 3.63) is 96.6 Å². The van der Waals surface area contributed by atoms with E-state index in [1.165, 1.54) is 6.20 Å². The summed E-state index contributed by atoms with van der Waals surface area (Å²) in [5, 5.41) is 15.9. The highest BCUT2D eigenvalue weighted by Gasteiger charge is 2.17. The molecule has 0 radical (unpaired) electrons. The van der Waals surface area contributed by atoms with Crippen molar-refractivity contribution in [1.82, 2.24) is 9.55 Å². The van der Waals surface area contributed by atoms with E-state index < -0.39 is 5.91 Å². The van der Waals surface area contributed by atoms with Gasteiger partial charge in [-0.05, 0) is 85.6 Å². The number of piperidine rings is 1. The lowest BCUT2D eigenvalue weighted by molar-refractivity contribution is 0.0987. The third-order valence-electron chi connectivity index (χ3n) is 6.40. The lowest BCUT2D eigenvalue weighted by Gasteiger charge is -2.31. The number of nitrogens with two attached hydrogens (primary N) is 1. The molecule has 1 fully saturated rings. The Labute approximate surface area is 214 Å². The van der Waals surface area contributed by atoms with E-state index in [-0.39, 0.29) is 17.8 Å². The van der Waals surface area contributed by atoms with E-state index in [1.807, 2.05) is 72.8 Å². The molecule has 1 saturated heterocycles. The average Bonchev–Trinajstić information content (AvgIpc) is 3.41. The largest absolute Gasteiger partial charge is 0.393 e. The standard InChI is InChI=1S/C28H28N6O3/c29-26(36)27-30-15-18-34(27)24-11-7-21(8-12-24)31-20-3-5-22(6-4-20)32-28(37)19-1-9-23(10-2-19)33-16-13-25(35)14-17-33/h1-12,15,18,25,31,35H,13-14,16-17H2,(H2,29,36)(H,32,37). The van der Waals surface area contributed by atoms with Gasteiger partial charge in [-0.25, -0.2) is 4.98 Å². The van der Waals surface area contributed by atoms with E-state index in [9.17, 15) is 14.7 Å². The number of aliphatic hydroxyl groups excluding tert-OH is 1. The third kappa shape index (κ3) is 5.62. The summed E-state index contributed by atoms with van der Waals surface area (Å²) in [7, 11) is 0. The molecule has 0 spiro atoms. The smallest absolute Gasteiger partial charge is 0.285 e. The molecule has 37 heavy (non-hydrogen) atoms. The lowest BCUT2D eigenvalue weighted by Crippen LogP contribution is -2.35. The molecule has 5 N–H and O–H groups in total. The first kappa shape index (κ1) is 24.1. The zero-order valence-corrected chi connectivity index (χ0v) is 20.2. The van der Waals surface area contributed by atoms with Crippen molar-refractivity contribution in [2.45, 2.75) is 18.9 Å². The summed E-state index contributed by atoms with van der Waals surface area (Å²) in [5.74, 6) is -0.584. The maximum atomic E-state index is 12.7. The molecule has 0 unspecified atom stereocenters. The predicted molar refractivity (Wildman–Crippen MR) is 144 cm³/mol. The summed E-state index contributed by atoms with van der Waals surface area (Å²) in [6, 6.07) is 22.5. The fourth-order valence-corrected chi connectivity index (χ4v) is 4.35. The monoisotopic (exact) mass is 496 g/mol. The van der Waals surface area contributed by atoms with Crippen LogP contribution in [-0.2, 0) is 0 Å². The van der Waals surface area contributed by atoms with Gasteiger partial charge in [-0.15, -0.1) is 0 Å². The van der Waals surface area contributed by atoms with Gasteiger partial charge in [-0.3, -0.25) is 14.2 Å². The number of hydrogen-bond donors (Lipinski definition) is 4. The molecule has 9 nitrogen and oxygen atoms in total. The van der Waals surface area contributed by atoms with Gasteiger partial charge < -0.3 is 26.4 Å². The molecule has 2 amide bonds. The second kappa shape index (κ2) is 10.5. The number of amides is 2. The highest BCUT2D eigenvalue weighted by molar-refractivity contribution is 6.04. The lowest BCUT2D eigenvalue weighted by atomic mass is 10.1. The van der Waals surface area contributed by atoms with E-state index in [0.29, 0.717) is 11.3 Å². The highest BCUT2D eigenvalue weighted by atomic mass is 16.3. The number of aromatic nitrogens is 2. The van der Waals surface area contributed by atoms with Crippen LogP contribution in [0.1, 0.15) is 33.8 Å². The van der Waals surface area contributed by atoms with Gasteiger partial charge in [0, 0.05) is 59.5 Å².